The van der Waals surface area contributed by atoms with Crippen molar-refractivity contribution in [1.82, 2.24) is 4.72 Å². The second-order valence-electron chi connectivity index (χ2n) is 4.89. The van der Waals surface area contributed by atoms with E-state index in [1.807, 2.05) is 6.92 Å². The van der Waals surface area contributed by atoms with Crippen molar-refractivity contribution in [3.63, 3.8) is 0 Å². The Balaban J connectivity index is 3.15. The van der Waals surface area contributed by atoms with Gasteiger partial charge in [0.2, 0.25) is 10.0 Å². The summed E-state index contributed by atoms with van der Waals surface area (Å²) in [5, 5.41) is 11.1. The van der Waals surface area contributed by atoms with Crippen LogP contribution in [0, 0.1) is 10.1 Å². The quantitative estimate of drug-likeness (QED) is 0.571. The zero-order valence-corrected chi connectivity index (χ0v) is 12.9. The number of nitrogens with one attached hydrogen (secondary N) is 1. The molecule has 0 aromatic heterocycles. The molecule has 0 saturated heterocycles. The van der Waals surface area contributed by atoms with Crippen molar-refractivity contribution >= 4 is 15.7 Å². The van der Waals surface area contributed by atoms with Crippen molar-refractivity contribution in [2.24, 2.45) is 5.73 Å². The highest BCUT2D eigenvalue weighted by Gasteiger charge is 2.23. The zero-order chi connectivity index (χ0) is 16.3. The fraction of sp³-hybridized carbons (Fsp3) is 0.500. The maximum absolute atomic E-state index is 11.7. The van der Waals surface area contributed by atoms with E-state index in [1.165, 1.54) is 19.2 Å². The maximum atomic E-state index is 11.7. The van der Waals surface area contributed by atoms with Crippen LogP contribution in [0.3, 0.4) is 0 Å². The van der Waals surface area contributed by atoms with Gasteiger partial charge in [-0.2, -0.15) is 0 Å². The highest BCUT2D eigenvalue weighted by atomic mass is 32.2. The van der Waals surface area contributed by atoms with Gasteiger partial charge < -0.3 is 10.5 Å². The third kappa shape index (κ3) is 4.38. The van der Waals surface area contributed by atoms with Gasteiger partial charge in [-0.15, -0.1) is 0 Å². The number of rotatable bonds is 7. The zero-order valence-electron chi connectivity index (χ0n) is 12.1. The Bertz CT molecular complexity index is 628. The molecule has 1 atom stereocenters. The second-order valence-corrected chi connectivity index (χ2v) is 6.78. The monoisotopic (exact) mass is 317 g/mol. The predicted octanol–water partition coefficient (Wildman–Crippen LogP) is 1.01. The van der Waals surface area contributed by atoms with Gasteiger partial charge in [0.15, 0.2) is 5.75 Å². The van der Waals surface area contributed by atoms with E-state index in [0.29, 0.717) is 6.42 Å². The first-order valence-electron chi connectivity index (χ1n) is 6.26. The van der Waals surface area contributed by atoms with Crippen molar-refractivity contribution in [1.29, 1.82) is 0 Å². The minimum Gasteiger partial charge on any atom is -0.485 e. The number of nitro benzene ring substituents is 1. The maximum Gasteiger partial charge on any atom is 0.312 e. The van der Waals surface area contributed by atoms with Crippen molar-refractivity contribution in [2.75, 3.05) is 13.7 Å². The molecule has 3 N–H and O–H groups in total. The average molecular weight is 317 g/mol. The van der Waals surface area contributed by atoms with Crippen LogP contribution in [0.1, 0.15) is 20.3 Å². The first-order valence-corrected chi connectivity index (χ1v) is 7.75. The molecule has 1 rings (SSSR count). The molecule has 118 valence electrons. The SMILES string of the molecule is CCC(C)(N)COc1ccc(S(=O)(=O)NC)cc1[N+](=O)[O-]. The smallest absolute Gasteiger partial charge is 0.312 e. The summed E-state index contributed by atoms with van der Waals surface area (Å²) in [6.45, 7) is 3.72. The number of benzene rings is 1. The van der Waals surface area contributed by atoms with E-state index in [2.05, 4.69) is 4.72 Å². The van der Waals surface area contributed by atoms with Gasteiger partial charge >= 0.3 is 5.69 Å². The lowest BCUT2D eigenvalue weighted by Crippen LogP contribution is -2.41. The predicted molar refractivity (Wildman–Crippen MR) is 77.7 cm³/mol. The van der Waals surface area contributed by atoms with Crippen LogP contribution in [0.5, 0.6) is 5.75 Å². The number of hydrogen-bond acceptors (Lipinski definition) is 6. The second kappa shape index (κ2) is 6.37. The molecule has 9 heteroatoms. The number of sulfonamides is 1. The number of hydrogen-bond donors (Lipinski definition) is 2. The lowest BCUT2D eigenvalue weighted by atomic mass is 10.0. The Morgan fingerprint density at radius 2 is 2.10 bits per heavy atom. The summed E-state index contributed by atoms with van der Waals surface area (Å²) in [5.74, 6) is -0.0137. The Morgan fingerprint density at radius 3 is 2.57 bits per heavy atom. The van der Waals surface area contributed by atoms with Gasteiger partial charge in [-0.05, 0) is 32.5 Å². The van der Waals surface area contributed by atoms with Gasteiger partial charge in [0.05, 0.1) is 9.82 Å². The van der Waals surface area contributed by atoms with Crippen molar-refractivity contribution in [3.8, 4) is 5.75 Å². The molecule has 0 bridgehead atoms. The van der Waals surface area contributed by atoms with Gasteiger partial charge in [-0.3, -0.25) is 10.1 Å². The third-order valence-electron chi connectivity index (χ3n) is 3.07. The molecule has 0 amide bonds. The van der Waals surface area contributed by atoms with E-state index in [-0.39, 0.29) is 17.3 Å². The van der Waals surface area contributed by atoms with Crippen molar-refractivity contribution in [3.05, 3.63) is 28.3 Å². The Labute approximate surface area is 123 Å². The fourth-order valence-corrected chi connectivity index (χ4v) is 2.14. The summed E-state index contributed by atoms with van der Waals surface area (Å²) in [7, 11) is -2.52. The largest absolute Gasteiger partial charge is 0.485 e. The summed E-state index contributed by atoms with van der Waals surface area (Å²) in [6.07, 6.45) is 0.632. The van der Waals surface area contributed by atoms with Gasteiger partial charge in [-0.1, -0.05) is 6.92 Å². The highest BCUT2D eigenvalue weighted by Crippen LogP contribution is 2.30. The molecule has 0 spiro atoms. The van der Waals surface area contributed by atoms with E-state index in [0.717, 1.165) is 6.07 Å². The molecule has 0 aliphatic heterocycles. The molecule has 0 aliphatic carbocycles. The van der Waals surface area contributed by atoms with Gasteiger partial charge in [0.25, 0.3) is 0 Å². The lowest BCUT2D eigenvalue weighted by Gasteiger charge is -2.22. The fourth-order valence-electron chi connectivity index (χ4n) is 1.39. The molecule has 1 aromatic carbocycles. The Morgan fingerprint density at radius 1 is 1.48 bits per heavy atom. The summed E-state index contributed by atoms with van der Waals surface area (Å²) < 4.78 is 30.8. The van der Waals surface area contributed by atoms with Crippen LogP contribution >= 0.6 is 0 Å². The molecular formula is C12H19N3O5S. The molecule has 0 fully saturated rings. The van der Waals surface area contributed by atoms with E-state index >= 15 is 0 Å². The van der Waals surface area contributed by atoms with E-state index in [1.54, 1.807) is 6.92 Å². The minimum absolute atomic E-state index is 0.0137. The van der Waals surface area contributed by atoms with Crippen LogP contribution in [0.25, 0.3) is 0 Å². The molecular weight excluding hydrogens is 298 g/mol. The van der Waals surface area contributed by atoms with E-state index in [9.17, 15) is 18.5 Å². The minimum atomic E-state index is -3.75. The summed E-state index contributed by atoms with van der Waals surface area (Å²) in [5.41, 5.74) is 4.87. The number of ether oxygens (including phenoxy) is 1. The molecule has 1 unspecified atom stereocenters. The molecule has 0 radical (unpaired) electrons. The Kier molecular flexibility index (Phi) is 5.26. The van der Waals surface area contributed by atoms with Gasteiger partial charge in [0, 0.05) is 11.6 Å². The molecule has 0 heterocycles. The first kappa shape index (κ1) is 17.3. The van der Waals surface area contributed by atoms with Crippen LogP contribution < -0.4 is 15.2 Å². The number of nitro groups is 1. The molecule has 0 aliphatic rings. The van der Waals surface area contributed by atoms with Gasteiger partial charge in [0.1, 0.15) is 6.61 Å². The van der Waals surface area contributed by atoms with Crippen molar-refractivity contribution in [2.45, 2.75) is 30.7 Å². The lowest BCUT2D eigenvalue weighted by molar-refractivity contribution is -0.386. The normalized spacial score (nSPS) is 14.5. The van der Waals surface area contributed by atoms with E-state index < -0.39 is 26.2 Å². The van der Waals surface area contributed by atoms with Crippen LogP contribution in [0.2, 0.25) is 0 Å². The van der Waals surface area contributed by atoms with Gasteiger partial charge in [-0.25, -0.2) is 13.1 Å². The third-order valence-corrected chi connectivity index (χ3v) is 4.48. The first-order chi connectivity index (χ1) is 9.63. The summed E-state index contributed by atoms with van der Waals surface area (Å²) >= 11 is 0. The van der Waals surface area contributed by atoms with Crippen LogP contribution in [-0.2, 0) is 10.0 Å². The standard InChI is InChI=1S/C12H19N3O5S/c1-4-12(2,13)8-20-11-6-5-9(21(18,19)14-3)7-10(11)15(16)17/h5-7,14H,4,8,13H2,1-3H3. The van der Waals surface area contributed by atoms with Crippen LogP contribution in [0.4, 0.5) is 5.69 Å². The number of nitrogens with zero attached hydrogens (tertiary/aromatic N) is 1. The van der Waals surface area contributed by atoms with Crippen molar-refractivity contribution < 1.29 is 18.1 Å². The molecule has 1 aromatic rings. The van der Waals surface area contributed by atoms with Crippen LogP contribution in [-0.4, -0.2) is 32.5 Å². The summed E-state index contributed by atoms with van der Waals surface area (Å²) in [6, 6.07) is 3.46. The number of nitrogens with two attached hydrogens (primary N) is 1. The Hall–Kier alpha value is -1.71. The summed E-state index contributed by atoms with van der Waals surface area (Å²) in [4.78, 5) is 10.2. The topological polar surface area (TPSA) is 125 Å². The molecule has 0 saturated carbocycles. The molecule has 8 nitrogen and oxygen atoms in total. The van der Waals surface area contributed by atoms with Crippen LogP contribution in [0.15, 0.2) is 23.1 Å². The average Bonchev–Trinajstić information content (AvgIpc) is 2.44. The highest BCUT2D eigenvalue weighted by molar-refractivity contribution is 7.89. The molecule has 21 heavy (non-hydrogen) atoms. The van der Waals surface area contributed by atoms with E-state index in [4.69, 9.17) is 10.5 Å².